The van der Waals surface area contributed by atoms with E-state index in [2.05, 4.69) is 31.5 Å². The lowest BCUT2D eigenvalue weighted by Crippen LogP contribution is -2.19. The second-order valence-corrected chi connectivity index (χ2v) is 4.60. The highest BCUT2D eigenvalue weighted by atomic mass is 79.9. The van der Waals surface area contributed by atoms with E-state index in [0.717, 1.165) is 0 Å². The van der Waals surface area contributed by atoms with Crippen LogP contribution in [0.5, 0.6) is 0 Å². The topological polar surface area (TPSA) is 54.0 Å². The monoisotopic (exact) mass is 325 g/mol. The van der Waals surface area contributed by atoms with Crippen LogP contribution in [0.2, 0.25) is 5.02 Å². The highest BCUT2D eigenvalue weighted by Crippen LogP contribution is 2.22. The Balaban J connectivity index is 2.01. The lowest BCUT2D eigenvalue weighted by Gasteiger charge is -2.07. The predicted octanol–water partition coefficient (Wildman–Crippen LogP) is 4.14. The fraction of sp³-hybridized carbons (Fsp3) is 0. The zero-order valence-corrected chi connectivity index (χ0v) is 11.5. The molecule has 2 amide bonds. The quantitative estimate of drug-likeness (QED) is 0.815. The molecule has 0 aliphatic carbocycles. The normalized spacial score (nSPS) is 9.89. The molecule has 0 atom stereocenters. The second-order valence-electron chi connectivity index (χ2n) is 3.44. The van der Waals surface area contributed by atoms with Gasteiger partial charge in [0.2, 0.25) is 0 Å². The number of urea groups is 1. The van der Waals surface area contributed by atoms with Gasteiger partial charge < -0.3 is 10.6 Å². The van der Waals surface area contributed by atoms with Crippen molar-refractivity contribution in [2.75, 3.05) is 10.6 Å². The fourth-order valence-corrected chi connectivity index (χ4v) is 1.69. The molecule has 6 heteroatoms. The number of anilines is 2. The van der Waals surface area contributed by atoms with Gasteiger partial charge in [-0.1, -0.05) is 29.8 Å². The number of halogens is 2. The number of benzene rings is 1. The lowest BCUT2D eigenvalue weighted by molar-refractivity contribution is 0.262. The Bertz CT molecular complexity index is 563. The van der Waals surface area contributed by atoms with Crippen molar-refractivity contribution in [3.63, 3.8) is 0 Å². The molecule has 92 valence electrons. The maximum atomic E-state index is 11.7. The van der Waals surface area contributed by atoms with Crippen LogP contribution in [0.15, 0.2) is 47.2 Å². The fourth-order valence-electron chi connectivity index (χ4n) is 1.30. The second kappa shape index (κ2) is 5.84. The highest BCUT2D eigenvalue weighted by molar-refractivity contribution is 9.10. The first kappa shape index (κ1) is 12.9. The number of nitrogens with one attached hydrogen (secondary N) is 2. The number of pyridine rings is 1. The van der Waals surface area contributed by atoms with Crippen LogP contribution in [0.4, 0.5) is 16.2 Å². The Labute approximate surface area is 118 Å². The average molecular weight is 327 g/mol. The number of carbonyl (C=O) groups excluding carboxylic acids is 1. The van der Waals surface area contributed by atoms with E-state index >= 15 is 0 Å². The third kappa shape index (κ3) is 3.45. The van der Waals surface area contributed by atoms with Gasteiger partial charge in [0, 0.05) is 5.69 Å². The van der Waals surface area contributed by atoms with E-state index in [-0.39, 0.29) is 6.03 Å². The van der Waals surface area contributed by atoms with E-state index in [0.29, 0.717) is 21.0 Å². The van der Waals surface area contributed by atoms with E-state index in [1.54, 1.807) is 18.2 Å². The van der Waals surface area contributed by atoms with Gasteiger partial charge in [0.1, 0.15) is 4.60 Å². The van der Waals surface area contributed by atoms with Gasteiger partial charge in [0.25, 0.3) is 0 Å². The number of aromatic nitrogens is 1. The molecular formula is C12H9BrClN3O. The largest absolute Gasteiger partial charge is 0.323 e. The van der Waals surface area contributed by atoms with E-state index < -0.39 is 0 Å². The minimum Gasteiger partial charge on any atom is -0.308 e. The molecule has 0 radical (unpaired) electrons. The van der Waals surface area contributed by atoms with Gasteiger partial charge in [-0.15, -0.1) is 0 Å². The number of hydrogen-bond donors (Lipinski definition) is 2. The summed E-state index contributed by atoms with van der Waals surface area (Å²) in [6.45, 7) is 0. The summed E-state index contributed by atoms with van der Waals surface area (Å²) in [7, 11) is 0. The Morgan fingerprint density at radius 3 is 2.50 bits per heavy atom. The van der Waals surface area contributed by atoms with Crippen molar-refractivity contribution in [1.82, 2.24) is 4.98 Å². The Hall–Kier alpha value is -1.59. The lowest BCUT2D eigenvalue weighted by atomic mass is 10.3. The summed E-state index contributed by atoms with van der Waals surface area (Å²) < 4.78 is 0.540. The first-order valence-corrected chi connectivity index (χ1v) is 6.26. The van der Waals surface area contributed by atoms with Crippen LogP contribution in [-0.2, 0) is 0 Å². The molecule has 0 spiro atoms. The average Bonchev–Trinajstić information content (AvgIpc) is 2.35. The van der Waals surface area contributed by atoms with Crippen LogP contribution >= 0.6 is 27.5 Å². The van der Waals surface area contributed by atoms with Crippen molar-refractivity contribution in [2.45, 2.75) is 0 Å². The Morgan fingerprint density at radius 2 is 1.83 bits per heavy atom. The molecule has 0 unspecified atom stereocenters. The summed E-state index contributed by atoms with van der Waals surface area (Å²) >= 11 is 9.05. The molecule has 0 aliphatic rings. The van der Waals surface area contributed by atoms with Gasteiger partial charge in [0.05, 0.1) is 16.9 Å². The summed E-state index contributed by atoms with van der Waals surface area (Å²) in [4.78, 5) is 15.7. The molecule has 0 saturated heterocycles. The number of carbonyl (C=O) groups is 1. The third-order valence-corrected chi connectivity index (χ3v) is 3.23. The summed E-state index contributed by atoms with van der Waals surface area (Å²) in [5.74, 6) is 0. The molecular weight excluding hydrogens is 318 g/mol. The third-order valence-electron chi connectivity index (χ3n) is 2.09. The minimum atomic E-state index is -0.346. The zero-order chi connectivity index (χ0) is 13.0. The molecule has 1 aromatic carbocycles. The summed E-state index contributed by atoms with van der Waals surface area (Å²) in [6.07, 6.45) is 1.51. The Morgan fingerprint density at radius 1 is 1.17 bits per heavy atom. The molecule has 1 aromatic heterocycles. The van der Waals surface area contributed by atoms with E-state index in [9.17, 15) is 4.79 Å². The van der Waals surface area contributed by atoms with Gasteiger partial charge in [-0.05, 0) is 34.1 Å². The molecule has 18 heavy (non-hydrogen) atoms. The van der Waals surface area contributed by atoms with E-state index in [1.807, 2.05) is 18.2 Å². The molecule has 0 aliphatic heterocycles. The smallest absolute Gasteiger partial charge is 0.308 e. The number of amides is 2. The molecule has 0 bridgehead atoms. The van der Waals surface area contributed by atoms with Crippen LogP contribution < -0.4 is 10.6 Å². The van der Waals surface area contributed by atoms with Crippen LogP contribution in [0.25, 0.3) is 0 Å². The number of nitrogens with zero attached hydrogens (tertiary/aromatic N) is 1. The predicted molar refractivity (Wildman–Crippen MR) is 76.0 cm³/mol. The molecule has 1 heterocycles. The number of para-hydroxylation sites is 1. The van der Waals surface area contributed by atoms with Crippen molar-refractivity contribution < 1.29 is 4.79 Å². The van der Waals surface area contributed by atoms with Gasteiger partial charge in [0.15, 0.2) is 0 Å². The van der Waals surface area contributed by atoms with Crippen molar-refractivity contribution in [3.05, 3.63) is 52.2 Å². The Kier molecular flexibility index (Phi) is 4.17. The van der Waals surface area contributed by atoms with Crippen LogP contribution in [0.1, 0.15) is 0 Å². The highest BCUT2D eigenvalue weighted by Gasteiger charge is 2.05. The first-order valence-electron chi connectivity index (χ1n) is 5.09. The van der Waals surface area contributed by atoms with Crippen LogP contribution in [0, 0.1) is 0 Å². The van der Waals surface area contributed by atoms with Gasteiger partial charge >= 0.3 is 6.03 Å². The number of rotatable bonds is 2. The molecule has 2 aromatic rings. The number of hydrogen-bond acceptors (Lipinski definition) is 2. The summed E-state index contributed by atoms with van der Waals surface area (Å²) in [5.41, 5.74) is 1.24. The van der Waals surface area contributed by atoms with Gasteiger partial charge in [-0.25, -0.2) is 9.78 Å². The van der Waals surface area contributed by atoms with Crippen molar-refractivity contribution in [2.24, 2.45) is 0 Å². The maximum Gasteiger partial charge on any atom is 0.323 e. The van der Waals surface area contributed by atoms with E-state index in [1.165, 1.54) is 6.20 Å². The standard InChI is InChI=1S/C12H9BrClN3O/c13-11-10(14)6-9(7-15-11)17-12(18)16-8-4-2-1-3-5-8/h1-7H,(H2,16,17,18). The van der Waals surface area contributed by atoms with Gasteiger partial charge in [-0.3, -0.25) is 0 Å². The maximum absolute atomic E-state index is 11.7. The van der Waals surface area contributed by atoms with Crippen LogP contribution in [0.3, 0.4) is 0 Å². The molecule has 2 N–H and O–H groups in total. The first-order chi connectivity index (χ1) is 8.65. The molecule has 4 nitrogen and oxygen atoms in total. The van der Waals surface area contributed by atoms with E-state index in [4.69, 9.17) is 11.6 Å². The SMILES string of the molecule is O=C(Nc1ccccc1)Nc1cnc(Br)c(Cl)c1. The molecule has 0 fully saturated rings. The molecule has 2 rings (SSSR count). The minimum absolute atomic E-state index is 0.346. The van der Waals surface area contributed by atoms with Crippen molar-refractivity contribution >= 4 is 44.9 Å². The van der Waals surface area contributed by atoms with Crippen LogP contribution in [-0.4, -0.2) is 11.0 Å². The molecule has 0 saturated carbocycles. The van der Waals surface area contributed by atoms with Gasteiger partial charge in [-0.2, -0.15) is 0 Å². The van der Waals surface area contributed by atoms with Crippen molar-refractivity contribution in [1.29, 1.82) is 0 Å². The van der Waals surface area contributed by atoms with Crippen molar-refractivity contribution in [3.8, 4) is 0 Å². The zero-order valence-electron chi connectivity index (χ0n) is 9.15. The summed E-state index contributed by atoms with van der Waals surface area (Å²) in [6, 6.07) is 10.4. The summed E-state index contributed by atoms with van der Waals surface area (Å²) in [5, 5.41) is 5.77.